The fraction of sp³-hybridized carbons (Fsp3) is 0.500. The number of aliphatic imine (C=N–C) groups is 1. The molecule has 1 aliphatic heterocycles. The number of para-hydroxylation sites is 1. The van der Waals surface area contributed by atoms with Crippen molar-refractivity contribution in [1.29, 1.82) is 0 Å². The highest BCUT2D eigenvalue weighted by atomic mass is 16.6. The van der Waals surface area contributed by atoms with Gasteiger partial charge in [0.1, 0.15) is 24.5 Å². The lowest BCUT2D eigenvalue weighted by atomic mass is 10.2. The quantitative estimate of drug-likeness (QED) is 0.866. The number of hydrogen-bond donors (Lipinski definition) is 1. The second-order valence-corrected chi connectivity index (χ2v) is 5.82. The lowest BCUT2D eigenvalue weighted by Gasteiger charge is -2.35. The average Bonchev–Trinajstić information content (AvgIpc) is 2.53. The molecule has 0 saturated carbocycles. The molecule has 2 amide bonds. The Kier molecular flexibility index (Phi) is 5.03. The van der Waals surface area contributed by atoms with Crippen molar-refractivity contribution in [2.45, 2.75) is 32.4 Å². The van der Waals surface area contributed by atoms with E-state index in [2.05, 4.69) is 4.99 Å². The Morgan fingerprint density at radius 3 is 2.73 bits per heavy atom. The highest BCUT2D eigenvalue weighted by Crippen LogP contribution is 2.19. The lowest BCUT2D eigenvalue weighted by molar-refractivity contribution is -0.770. The Labute approximate surface area is 131 Å². The molecule has 1 aliphatic rings. The molecule has 2 N–H and O–H groups in total. The zero-order valence-corrected chi connectivity index (χ0v) is 13.4. The molecule has 1 aromatic rings. The molecule has 0 radical (unpaired) electrons. The first-order chi connectivity index (χ1) is 10.4. The van der Waals surface area contributed by atoms with Crippen molar-refractivity contribution in [3.63, 3.8) is 0 Å². The van der Waals surface area contributed by atoms with Gasteiger partial charge in [-0.3, -0.25) is 0 Å². The SMILES string of the molecule is CC(C)[N+](C)(C(N)=O)C1=NCCC(COc2ccccc2)O1. The van der Waals surface area contributed by atoms with Crippen molar-refractivity contribution in [2.24, 2.45) is 10.7 Å². The minimum atomic E-state index is -0.474. The summed E-state index contributed by atoms with van der Waals surface area (Å²) in [5.41, 5.74) is 5.55. The average molecular weight is 306 g/mol. The number of rotatable bonds is 4. The van der Waals surface area contributed by atoms with E-state index >= 15 is 0 Å². The highest BCUT2D eigenvalue weighted by Gasteiger charge is 2.44. The van der Waals surface area contributed by atoms with Crippen LogP contribution in [0.1, 0.15) is 20.3 Å². The van der Waals surface area contributed by atoms with Crippen LogP contribution in [0.25, 0.3) is 0 Å². The second-order valence-electron chi connectivity index (χ2n) is 5.82. The van der Waals surface area contributed by atoms with Gasteiger partial charge < -0.3 is 15.2 Å². The van der Waals surface area contributed by atoms with Gasteiger partial charge in [-0.25, -0.2) is 4.79 Å². The number of urea groups is 1. The predicted molar refractivity (Wildman–Crippen MR) is 84.6 cm³/mol. The minimum absolute atomic E-state index is 0.0509. The number of nitrogens with zero attached hydrogens (tertiary/aromatic N) is 2. The molecule has 2 unspecified atom stereocenters. The molecule has 0 bridgehead atoms. The van der Waals surface area contributed by atoms with Crippen LogP contribution in [0.5, 0.6) is 5.75 Å². The number of amidine groups is 1. The standard InChI is InChI=1S/C16H23N3O3/c1-12(2)19(3,15(17)20)16-18-10-9-14(22-16)11-21-13-7-5-4-6-8-13/h4-8,12,14H,9-11H2,1-3H3,(H-,17,20)/p+1. The smallest absolute Gasteiger partial charge is 0.423 e. The first kappa shape index (κ1) is 16.3. The van der Waals surface area contributed by atoms with E-state index in [9.17, 15) is 4.79 Å². The summed E-state index contributed by atoms with van der Waals surface area (Å²) >= 11 is 0. The Hall–Kier alpha value is -2.08. The summed E-state index contributed by atoms with van der Waals surface area (Å²) < 4.78 is 11.5. The van der Waals surface area contributed by atoms with Crippen LogP contribution >= 0.6 is 0 Å². The second kappa shape index (κ2) is 6.79. The number of carbonyl (C=O) groups is 1. The maximum Gasteiger partial charge on any atom is 0.423 e. The van der Waals surface area contributed by atoms with E-state index in [0.29, 0.717) is 19.2 Å². The van der Waals surface area contributed by atoms with Gasteiger partial charge in [0.05, 0.1) is 13.6 Å². The van der Waals surface area contributed by atoms with E-state index in [0.717, 1.165) is 12.2 Å². The molecule has 0 aliphatic carbocycles. The summed E-state index contributed by atoms with van der Waals surface area (Å²) in [4.78, 5) is 16.2. The Morgan fingerprint density at radius 2 is 2.14 bits per heavy atom. The van der Waals surface area contributed by atoms with Gasteiger partial charge in [0.15, 0.2) is 0 Å². The summed E-state index contributed by atoms with van der Waals surface area (Å²) in [6.07, 6.45) is 0.621. The number of nitrogens with two attached hydrogens (primary N) is 1. The maximum atomic E-state index is 11.9. The van der Waals surface area contributed by atoms with Gasteiger partial charge in [-0.1, -0.05) is 18.2 Å². The molecule has 1 aromatic carbocycles. The van der Waals surface area contributed by atoms with Gasteiger partial charge in [-0.05, 0) is 26.0 Å². The zero-order valence-electron chi connectivity index (χ0n) is 13.4. The van der Waals surface area contributed by atoms with Crippen LogP contribution in [-0.2, 0) is 4.74 Å². The molecule has 0 fully saturated rings. The number of primary amides is 1. The van der Waals surface area contributed by atoms with Gasteiger partial charge in [0.25, 0.3) is 0 Å². The number of benzene rings is 1. The van der Waals surface area contributed by atoms with E-state index < -0.39 is 6.03 Å². The van der Waals surface area contributed by atoms with Crippen LogP contribution in [0.2, 0.25) is 0 Å². The van der Waals surface area contributed by atoms with Gasteiger partial charge >= 0.3 is 12.1 Å². The van der Waals surface area contributed by atoms with E-state index in [1.165, 1.54) is 0 Å². The van der Waals surface area contributed by atoms with Gasteiger partial charge in [0.2, 0.25) is 0 Å². The topological polar surface area (TPSA) is 73.9 Å². The minimum Gasteiger partial charge on any atom is -0.490 e. The fourth-order valence-corrected chi connectivity index (χ4v) is 2.20. The van der Waals surface area contributed by atoms with Crippen LogP contribution < -0.4 is 10.5 Å². The predicted octanol–water partition coefficient (Wildman–Crippen LogP) is 2.14. The number of quaternary nitrogens is 1. The molecule has 22 heavy (non-hydrogen) atoms. The third-order valence-corrected chi connectivity index (χ3v) is 4.04. The van der Waals surface area contributed by atoms with Crippen molar-refractivity contribution in [2.75, 3.05) is 20.2 Å². The fourth-order valence-electron chi connectivity index (χ4n) is 2.20. The van der Waals surface area contributed by atoms with Crippen LogP contribution in [0.4, 0.5) is 4.79 Å². The lowest BCUT2D eigenvalue weighted by Crippen LogP contribution is -2.62. The van der Waals surface area contributed by atoms with E-state index in [1.54, 1.807) is 7.05 Å². The summed E-state index contributed by atoms with van der Waals surface area (Å²) in [5, 5.41) is 0. The molecule has 2 rings (SSSR count). The number of hydrogen-bond acceptors (Lipinski definition) is 4. The normalized spacial score (nSPS) is 20.7. The number of amides is 2. The monoisotopic (exact) mass is 306 g/mol. The van der Waals surface area contributed by atoms with Crippen LogP contribution in [0, 0.1) is 0 Å². The first-order valence-electron chi connectivity index (χ1n) is 7.50. The van der Waals surface area contributed by atoms with Gasteiger partial charge in [-0.15, -0.1) is 0 Å². The number of carbonyl (C=O) groups excluding carboxylic acids is 1. The van der Waals surface area contributed by atoms with Crippen LogP contribution in [0.15, 0.2) is 35.3 Å². The molecule has 6 nitrogen and oxygen atoms in total. The van der Waals surface area contributed by atoms with Crippen LogP contribution in [0.3, 0.4) is 0 Å². The molecule has 1 heterocycles. The first-order valence-corrected chi connectivity index (χ1v) is 7.50. The Balaban J connectivity index is 2.02. The maximum absolute atomic E-state index is 11.9. The van der Waals surface area contributed by atoms with E-state index in [-0.39, 0.29) is 16.6 Å². The Bertz CT molecular complexity index is 545. The molecule has 120 valence electrons. The number of ether oxygens (including phenoxy) is 2. The molecule has 0 aromatic heterocycles. The largest absolute Gasteiger partial charge is 0.490 e. The molecule has 0 spiro atoms. The summed E-state index contributed by atoms with van der Waals surface area (Å²) in [6, 6.07) is 9.42. The zero-order chi connectivity index (χ0) is 16.2. The molecule has 0 saturated heterocycles. The highest BCUT2D eigenvalue weighted by molar-refractivity contribution is 5.82. The van der Waals surface area contributed by atoms with Crippen molar-refractivity contribution in [3.05, 3.63) is 30.3 Å². The third kappa shape index (κ3) is 3.39. The third-order valence-electron chi connectivity index (χ3n) is 4.04. The van der Waals surface area contributed by atoms with Crippen molar-refractivity contribution >= 4 is 12.1 Å². The molecule has 2 atom stereocenters. The Morgan fingerprint density at radius 1 is 1.45 bits per heavy atom. The van der Waals surface area contributed by atoms with E-state index in [1.807, 2.05) is 44.2 Å². The summed E-state index contributed by atoms with van der Waals surface area (Å²) in [5.74, 6) is 0.797. The van der Waals surface area contributed by atoms with Crippen molar-refractivity contribution < 1.29 is 18.8 Å². The van der Waals surface area contributed by atoms with E-state index in [4.69, 9.17) is 15.2 Å². The van der Waals surface area contributed by atoms with Crippen molar-refractivity contribution in [1.82, 2.24) is 0 Å². The van der Waals surface area contributed by atoms with Gasteiger partial charge in [0, 0.05) is 6.42 Å². The molecule has 6 heteroatoms. The molecular weight excluding hydrogens is 282 g/mol. The summed E-state index contributed by atoms with van der Waals surface area (Å²) in [7, 11) is 1.73. The van der Waals surface area contributed by atoms with Gasteiger partial charge in [-0.2, -0.15) is 9.48 Å². The molecular formula is C16H24N3O3+. The van der Waals surface area contributed by atoms with Crippen molar-refractivity contribution in [3.8, 4) is 5.75 Å². The summed E-state index contributed by atoms with van der Waals surface area (Å²) in [6.45, 7) is 4.85. The van der Waals surface area contributed by atoms with Crippen LogP contribution in [-0.4, -0.2) is 48.9 Å².